The van der Waals surface area contributed by atoms with Crippen LogP contribution in [0.4, 0.5) is 17.6 Å². The second kappa shape index (κ2) is 10.3. The molecule has 2 aromatic carbocycles. The van der Waals surface area contributed by atoms with Gasteiger partial charge in [0.15, 0.2) is 5.78 Å². The van der Waals surface area contributed by atoms with E-state index in [0.29, 0.717) is 28.6 Å². The van der Waals surface area contributed by atoms with Gasteiger partial charge in [-0.05, 0) is 79.1 Å². The maximum absolute atomic E-state index is 14.3. The molecule has 218 valence electrons. The van der Waals surface area contributed by atoms with E-state index in [1.807, 2.05) is 6.07 Å². The number of aromatic nitrogens is 3. The number of nitrogens with zero attached hydrogens (tertiary/aromatic N) is 5. The lowest BCUT2D eigenvalue weighted by Gasteiger charge is -2.44. The van der Waals surface area contributed by atoms with Gasteiger partial charge in [0.25, 0.3) is 0 Å². The summed E-state index contributed by atoms with van der Waals surface area (Å²) in [6, 6.07) is 14.4. The second-order valence-electron chi connectivity index (χ2n) is 10.4. The summed E-state index contributed by atoms with van der Waals surface area (Å²) in [5, 5.41) is 13.7. The van der Waals surface area contributed by atoms with Gasteiger partial charge in [0, 0.05) is 19.3 Å². The Morgan fingerprint density at radius 2 is 1.84 bits per heavy atom. The van der Waals surface area contributed by atoms with E-state index in [2.05, 4.69) is 10.1 Å². The number of rotatable bonds is 5. The van der Waals surface area contributed by atoms with Crippen LogP contribution in [0.1, 0.15) is 39.3 Å². The summed E-state index contributed by atoms with van der Waals surface area (Å²) in [5.41, 5.74) is -0.727. The van der Waals surface area contributed by atoms with Gasteiger partial charge in [-0.1, -0.05) is 11.6 Å². The van der Waals surface area contributed by atoms with Crippen molar-refractivity contribution < 1.29 is 30.8 Å². The Kier molecular flexibility index (Phi) is 6.78. The molecule has 0 radical (unpaired) electrons. The van der Waals surface area contributed by atoms with Crippen molar-refractivity contribution in [3.8, 4) is 11.8 Å². The smallest absolute Gasteiger partial charge is 0.291 e. The minimum absolute atomic E-state index is 0.0178. The Bertz CT molecular complexity index is 1950. The van der Waals surface area contributed by atoms with Crippen LogP contribution < -0.4 is 0 Å². The third-order valence-corrected chi connectivity index (χ3v) is 9.65. The highest BCUT2D eigenvalue weighted by Gasteiger charge is 2.51. The number of Topliss-reactive ketones (excluding diaryl/α,β-unsaturated/α-hetero) is 1. The van der Waals surface area contributed by atoms with Crippen LogP contribution >= 0.6 is 0 Å². The normalized spacial score (nSPS) is 18.7. The van der Waals surface area contributed by atoms with Gasteiger partial charge in [-0.25, -0.2) is 17.5 Å². The van der Waals surface area contributed by atoms with Crippen molar-refractivity contribution in [2.24, 2.45) is 5.41 Å². The first kappa shape index (κ1) is 28.4. The molecular weight excluding hydrogens is 586 g/mol. The fourth-order valence-corrected chi connectivity index (χ4v) is 7.21. The number of carbonyl (C=O) groups excluding carboxylic acids is 1. The van der Waals surface area contributed by atoms with Crippen molar-refractivity contribution in [1.29, 1.82) is 5.26 Å². The number of alkyl halides is 3. The minimum Gasteiger partial charge on any atom is -0.291 e. The zero-order valence-corrected chi connectivity index (χ0v) is 23.0. The summed E-state index contributed by atoms with van der Waals surface area (Å²) in [5.74, 6) is -1.19. The summed E-state index contributed by atoms with van der Waals surface area (Å²) in [4.78, 5) is 18.1. The van der Waals surface area contributed by atoms with Gasteiger partial charge in [0.05, 0.1) is 45.1 Å². The molecular formula is C30H21F4N5O3S. The van der Waals surface area contributed by atoms with E-state index in [0.717, 1.165) is 16.6 Å². The lowest BCUT2D eigenvalue weighted by molar-refractivity contribution is -0.137. The standard InChI is InChI=1S/C30H21F4N5O3S/c31-23-4-6-24(7-5-23)39-27-14-21-9-11-38(43(41,42)25-3-1-2-19(12-25)16-35)18-29(21,15-20(27)17-37-39)28(40)26-13-22(8-10-36-26)30(32,33)34/h1-8,10,12-14,17H,9,11,15,18H2/t29-/m0/s1. The van der Waals surface area contributed by atoms with Crippen molar-refractivity contribution >= 4 is 21.9 Å². The van der Waals surface area contributed by atoms with Crippen molar-refractivity contribution in [2.75, 3.05) is 13.1 Å². The molecule has 1 saturated heterocycles. The van der Waals surface area contributed by atoms with Gasteiger partial charge in [-0.15, -0.1) is 0 Å². The number of nitriles is 1. The Hall–Kier alpha value is -4.67. The van der Waals surface area contributed by atoms with Crippen molar-refractivity contribution in [3.63, 3.8) is 0 Å². The summed E-state index contributed by atoms with van der Waals surface area (Å²) in [6.45, 7) is -0.383. The highest BCUT2D eigenvalue weighted by molar-refractivity contribution is 7.89. The molecule has 1 atom stereocenters. The van der Waals surface area contributed by atoms with Crippen LogP contribution in [0.25, 0.3) is 11.8 Å². The zero-order chi connectivity index (χ0) is 30.6. The molecule has 0 saturated carbocycles. The van der Waals surface area contributed by atoms with Crippen LogP contribution in [-0.4, -0.2) is 46.4 Å². The van der Waals surface area contributed by atoms with Crippen molar-refractivity contribution in [1.82, 2.24) is 19.1 Å². The van der Waals surface area contributed by atoms with Crippen molar-refractivity contribution in [3.05, 3.63) is 113 Å². The van der Waals surface area contributed by atoms with Crippen LogP contribution in [0.2, 0.25) is 0 Å². The third-order valence-electron chi connectivity index (χ3n) is 7.81. The molecule has 43 heavy (non-hydrogen) atoms. The predicted molar refractivity (Wildman–Crippen MR) is 146 cm³/mol. The molecule has 1 aliphatic heterocycles. The number of pyridine rings is 1. The van der Waals surface area contributed by atoms with E-state index in [9.17, 15) is 36.0 Å². The fourth-order valence-electron chi connectivity index (χ4n) is 5.66. The number of halogens is 4. The molecule has 0 N–H and O–H groups in total. The molecule has 8 nitrogen and oxygen atoms in total. The van der Waals surface area contributed by atoms with E-state index < -0.39 is 44.5 Å². The molecule has 1 aliphatic carbocycles. The van der Waals surface area contributed by atoms with Crippen LogP contribution in [-0.2, 0) is 22.6 Å². The van der Waals surface area contributed by atoms with Gasteiger partial charge in [-0.3, -0.25) is 9.78 Å². The Morgan fingerprint density at radius 1 is 1.07 bits per heavy atom. The highest BCUT2D eigenvalue weighted by Crippen LogP contribution is 2.47. The third kappa shape index (κ3) is 4.92. The van der Waals surface area contributed by atoms with Gasteiger partial charge in [-0.2, -0.15) is 27.8 Å². The average molecular weight is 608 g/mol. The molecule has 2 aliphatic rings. The first-order valence-electron chi connectivity index (χ1n) is 13.0. The van der Waals surface area contributed by atoms with E-state index >= 15 is 0 Å². The van der Waals surface area contributed by atoms with E-state index in [1.165, 1.54) is 54.7 Å². The quantitative estimate of drug-likeness (QED) is 0.228. The average Bonchev–Trinajstić information content (AvgIpc) is 3.41. The van der Waals surface area contributed by atoms with Crippen LogP contribution in [0.5, 0.6) is 0 Å². The Morgan fingerprint density at radius 3 is 2.56 bits per heavy atom. The molecule has 0 amide bonds. The SMILES string of the molecule is N#Cc1cccc(S(=O)(=O)N2CCC3=Cc4c(cnn4-c4ccc(F)cc4)C[C@]3(C(=O)c3cc(C(F)(F)F)ccn3)C2)c1. The topological polar surface area (TPSA) is 109 Å². The fraction of sp³-hybridized carbons (Fsp3) is 0.200. The largest absolute Gasteiger partial charge is 0.416 e. The molecule has 0 spiro atoms. The minimum atomic E-state index is -4.72. The lowest BCUT2D eigenvalue weighted by atomic mass is 9.65. The second-order valence-corrected chi connectivity index (χ2v) is 12.3. The Labute approximate surface area is 243 Å². The van der Waals surface area contributed by atoms with Gasteiger partial charge >= 0.3 is 6.18 Å². The summed E-state index contributed by atoms with van der Waals surface area (Å²) in [7, 11) is -4.20. The molecule has 4 aromatic rings. The first-order valence-corrected chi connectivity index (χ1v) is 14.5. The van der Waals surface area contributed by atoms with E-state index in [1.54, 1.807) is 10.8 Å². The molecule has 3 heterocycles. The number of piperidine rings is 1. The van der Waals surface area contributed by atoms with Crippen LogP contribution in [0, 0.1) is 22.6 Å². The molecule has 2 aromatic heterocycles. The predicted octanol–water partition coefficient (Wildman–Crippen LogP) is 5.20. The molecule has 0 bridgehead atoms. The monoisotopic (exact) mass is 607 g/mol. The summed E-state index contributed by atoms with van der Waals surface area (Å²) >= 11 is 0. The molecule has 13 heteroatoms. The number of sulfonamides is 1. The van der Waals surface area contributed by atoms with Crippen molar-refractivity contribution in [2.45, 2.75) is 23.9 Å². The number of benzene rings is 2. The molecule has 0 unspecified atom stereocenters. The number of fused-ring (bicyclic) bond motifs is 2. The highest BCUT2D eigenvalue weighted by atomic mass is 32.2. The van der Waals surface area contributed by atoms with Crippen LogP contribution in [0.15, 0.2) is 83.5 Å². The number of ketones is 1. The maximum atomic E-state index is 14.3. The van der Waals surface area contributed by atoms with Crippen LogP contribution in [0.3, 0.4) is 0 Å². The maximum Gasteiger partial charge on any atom is 0.416 e. The number of hydrogen-bond acceptors (Lipinski definition) is 6. The van der Waals surface area contributed by atoms with Gasteiger partial charge in [0.2, 0.25) is 10.0 Å². The summed E-state index contributed by atoms with van der Waals surface area (Å²) < 4.78 is 84.5. The lowest BCUT2D eigenvalue weighted by Crippen LogP contribution is -2.53. The first-order chi connectivity index (χ1) is 20.4. The molecule has 1 fully saturated rings. The summed E-state index contributed by atoms with van der Waals surface area (Å²) in [6.07, 6.45) is -0.572. The number of carbonyl (C=O) groups is 1. The van der Waals surface area contributed by atoms with E-state index in [4.69, 9.17) is 0 Å². The van der Waals surface area contributed by atoms with Gasteiger partial charge in [0.1, 0.15) is 11.5 Å². The van der Waals surface area contributed by atoms with Gasteiger partial charge < -0.3 is 0 Å². The zero-order valence-electron chi connectivity index (χ0n) is 22.2. The Balaban J connectivity index is 1.47. The van der Waals surface area contributed by atoms with E-state index in [-0.39, 0.29) is 36.4 Å². The molecule has 6 rings (SSSR count). The number of hydrogen-bond donors (Lipinski definition) is 0.